The summed E-state index contributed by atoms with van der Waals surface area (Å²) in [5.41, 5.74) is -1.26. The first-order valence-corrected chi connectivity index (χ1v) is 9.76. The predicted octanol–water partition coefficient (Wildman–Crippen LogP) is 1.05. The molecule has 3 rings (SSSR count). The smallest absolute Gasteiger partial charge is 0.341 e. The van der Waals surface area contributed by atoms with E-state index in [4.69, 9.17) is 0 Å². The second kappa shape index (κ2) is 6.82. The molecular weight excluding hydrogens is 371 g/mol. The number of carbonyl (C=O) groups excluding carboxylic acids is 1. The summed E-state index contributed by atoms with van der Waals surface area (Å²) in [4.78, 5) is 13.2. The van der Waals surface area contributed by atoms with Crippen LogP contribution < -0.4 is 10.0 Å². The molecule has 0 bridgehead atoms. The van der Waals surface area contributed by atoms with Gasteiger partial charge in [0.25, 0.3) is 0 Å². The molecule has 0 spiro atoms. The largest absolute Gasteiger partial charge is 0.417 e. The van der Waals surface area contributed by atoms with Crippen molar-refractivity contribution in [1.29, 1.82) is 0 Å². The number of benzene rings is 1. The SMILES string of the molecule is CC(NS(=O)(=O)c1ccccc1C(F)(F)F)C(=O)N1C[C@H]2CNC[C@H]2C1. The molecule has 2 aliphatic heterocycles. The van der Waals surface area contributed by atoms with Crippen LogP contribution in [0.2, 0.25) is 0 Å². The normalized spacial score (nSPS) is 24.5. The van der Waals surface area contributed by atoms with Crippen LogP contribution in [0.4, 0.5) is 13.2 Å². The van der Waals surface area contributed by atoms with Crippen molar-refractivity contribution >= 4 is 15.9 Å². The molecule has 0 aromatic heterocycles. The standard InChI is InChI=1S/C16H20F3N3O3S/c1-10(15(23)22-8-11-6-20-7-12(11)9-22)21-26(24,25)14-5-3-2-4-13(14)16(17,18)19/h2-5,10-12,20-21H,6-9H2,1H3/t10?,11-,12+. The second-order valence-electron chi connectivity index (χ2n) is 6.76. The lowest BCUT2D eigenvalue weighted by Crippen LogP contribution is -2.47. The summed E-state index contributed by atoms with van der Waals surface area (Å²) in [5, 5.41) is 3.24. The molecule has 1 amide bonds. The number of nitrogens with zero attached hydrogens (tertiary/aromatic N) is 1. The molecule has 0 aliphatic carbocycles. The average Bonchev–Trinajstić information content (AvgIpc) is 3.14. The average molecular weight is 391 g/mol. The van der Waals surface area contributed by atoms with Crippen molar-refractivity contribution in [2.75, 3.05) is 26.2 Å². The molecule has 26 heavy (non-hydrogen) atoms. The molecule has 144 valence electrons. The second-order valence-corrected chi connectivity index (χ2v) is 8.44. The molecule has 1 aromatic rings. The maximum absolute atomic E-state index is 13.1. The van der Waals surface area contributed by atoms with E-state index in [1.165, 1.54) is 13.0 Å². The Bertz CT molecular complexity index is 785. The van der Waals surface area contributed by atoms with Crippen LogP contribution in [-0.2, 0) is 21.0 Å². The van der Waals surface area contributed by atoms with E-state index in [9.17, 15) is 26.4 Å². The lowest BCUT2D eigenvalue weighted by Gasteiger charge is -2.23. The van der Waals surface area contributed by atoms with E-state index in [-0.39, 0.29) is 0 Å². The van der Waals surface area contributed by atoms with Gasteiger partial charge in [-0.1, -0.05) is 12.1 Å². The van der Waals surface area contributed by atoms with Gasteiger partial charge in [0, 0.05) is 26.2 Å². The number of fused-ring (bicyclic) bond motifs is 1. The number of amides is 1. The van der Waals surface area contributed by atoms with Crippen LogP contribution in [0.15, 0.2) is 29.2 Å². The summed E-state index contributed by atoms with van der Waals surface area (Å²) in [6.45, 7) is 4.03. The molecule has 2 N–H and O–H groups in total. The van der Waals surface area contributed by atoms with Crippen molar-refractivity contribution in [3.63, 3.8) is 0 Å². The topological polar surface area (TPSA) is 78.5 Å². The van der Waals surface area contributed by atoms with Gasteiger partial charge in [0.2, 0.25) is 15.9 Å². The Hall–Kier alpha value is -1.65. The molecule has 10 heteroatoms. The minimum atomic E-state index is -4.81. The maximum atomic E-state index is 13.1. The molecule has 0 radical (unpaired) electrons. The highest BCUT2D eigenvalue weighted by atomic mass is 32.2. The Morgan fingerprint density at radius 1 is 1.23 bits per heavy atom. The Morgan fingerprint density at radius 3 is 2.38 bits per heavy atom. The predicted molar refractivity (Wildman–Crippen MR) is 87.7 cm³/mol. The van der Waals surface area contributed by atoms with Gasteiger partial charge in [-0.05, 0) is 30.9 Å². The third-order valence-electron chi connectivity index (χ3n) is 4.89. The third-order valence-corrected chi connectivity index (χ3v) is 6.48. The summed E-state index contributed by atoms with van der Waals surface area (Å²) < 4.78 is 66.2. The van der Waals surface area contributed by atoms with Gasteiger partial charge in [0.15, 0.2) is 0 Å². The molecule has 1 aromatic carbocycles. The minimum Gasteiger partial charge on any atom is -0.341 e. The lowest BCUT2D eigenvalue weighted by molar-refractivity contribution is -0.139. The van der Waals surface area contributed by atoms with E-state index in [2.05, 4.69) is 10.0 Å². The van der Waals surface area contributed by atoms with Gasteiger partial charge in [-0.2, -0.15) is 17.9 Å². The third kappa shape index (κ3) is 3.72. The number of carbonyl (C=O) groups is 1. The minimum absolute atomic E-state index is 0.341. The number of alkyl halides is 3. The molecule has 2 saturated heterocycles. The van der Waals surface area contributed by atoms with Crippen LogP contribution in [0.25, 0.3) is 0 Å². The van der Waals surface area contributed by atoms with E-state index in [0.29, 0.717) is 31.0 Å². The van der Waals surface area contributed by atoms with Crippen LogP contribution in [0.3, 0.4) is 0 Å². The van der Waals surface area contributed by atoms with E-state index in [1.54, 1.807) is 4.90 Å². The fraction of sp³-hybridized carbons (Fsp3) is 0.562. The monoisotopic (exact) mass is 391 g/mol. The first-order valence-electron chi connectivity index (χ1n) is 8.27. The van der Waals surface area contributed by atoms with E-state index < -0.39 is 38.6 Å². The van der Waals surface area contributed by atoms with Gasteiger partial charge in [-0.25, -0.2) is 8.42 Å². The Kier molecular flexibility index (Phi) is 5.02. The first-order chi connectivity index (χ1) is 12.1. The maximum Gasteiger partial charge on any atom is 0.417 e. The Morgan fingerprint density at radius 2 is 1.81 bits per heavy atom. The van der Waals surface area contributed by atoms with Crippen LogP contribution in [-0.4, -0.2) is 51.4 Å². The molecule has 2 heterocycles. The summed E-state index contributed by atoms with van der Waals surface area (Å²) in [6, 6.07) is 2.77. The molecular formula is C16H20F3N3O3S. The van der Waals surface area contributed by atoms with Gasteiger partial charge in [0.1, 0.15) is 0 Å². The summed E-state index contributed by atoms with van der Waals surface area (Å²) in [7, 11) is -4.50. The summed E-state index contributed by atoms with van der Waals surface area (Å²) >= 11 is 0. The molecule has 2 fully saturated rings. The molecule has 1 unspecified atom stereocenters. The number of hydrogen-bond acceptors (Lipinski definition) is 4. The highest BCUT2D eigenvalue weighted by molar-refractivity contribution is 7.89. The Balaban J connectivity index is 1.75. The van der Waals surface area contributed by atoms with Crippen molar-refractivity contribution in [3.05, 3.63) is 29.8 Å². The van der Waals surface area contributed by atoms with E-state index in [1.807, 2.05) is 0 Å². The van der Waals surface area contributed by atoms with Gasteiger partial charge in [0.05, 0.1) is 16.5 Å². The fourth-order valence-corrected chi connectivity index (χ4v) is 5.02. The zero-order chi connectivity index (χ0) is 19.1. The van der Waals surface area contributed by atoms with Gasteiger partial charge < -0.3 is 10.2 Å². The van der Waals surface area contributed by atoms with Crippen LogP contribution in [0.1, 0.15) is 12.5 Å². The van der Waals surface area contributed by atoms with Crippen molar-refractivity contribution in [3.8, 4) is 0 Å². The zero-order valence-electron chi connectivity index (χ0n) is 14.1. The zero-order valence-corrected chi connectivity index (χ0v) is 14.9. The van der Waals surface area contributed by atoms with E-state index >= 15 is 0 Å². The number of halogens is 3. The highest BCUT2D eigenvalue weighted by Crippen LogP contribution is 2.34. The highest BCUT2D eigenvalue weighted by Gasteiger charge is 2.41. The molecule has 6 nitrogen and oxygen atoms in total. The summed E-state index contributed by atoms with van der Waals surface area (Å²) in [5.74, 6) is 0.259. The number of nitrogens with one attached hydrogen (secondary N) is 2. The van der Waals surface area contributed by atoms with Crippen molar-refractivity contribution in [1.82, 2.24) is 14.9 Å². The van der Waals surface area contributed by atoms with Gasteiger partial charge in [-0.15, -0.1) is 0 Å². The summed E-state index contributed by atoms with van der Waals surface area (Å²) in [6.07, 6.45) is -4.81. The quantitative estimate of drug-likeness (QED) is 0.804. The van der Waals surface area contributed by atoms with Crippen molar-refractivity contribution in [2.24, 2.45) is 11.8 Å². The van der Waals surface area contributed by atoms with Crippen LogP contribution >= 0.6 is 0 Å². The van der Waals surface area contributed by atoms with Gasteiger partial charge in [-0.3, -0.25) is 4.79 Å². The van der Waals surface area contributed by atoms with Crippen LogP contribution in [0, 0.1) is 11.8 Å². The van der Waals surface area contributed by atoms with Crippen molar-refractivity contribution < 1.29 is 26.4 Å². The Labute approximate surface area is 149 Å². The number of rotatable bonds is 4. The number of hydrogen-bond donors (Lipinski definition) is 2. The molecule has 2 aliphatic rings. The van der Waals surface area contributed by atoms with E-state index in [0.717, 1.165) is 25.2 Å². The van der Waals surface area contributed by atoms with Crippen LogP contribution in [0.5, 0.6) is 0 Å². The fourth-order valence-electron chi connectivity index (χ4n) is 3.59. The molecule has 3 atom stereocenters. The molecule has 0 saturated carbocycles. The number of likely N-dealkylation sites (tertiary alicyclic amines) is 1. The van der Waals surface area contributed by atoms with Crippen molar-refractivity contribution in [2.45, 2.75) is 24.0 Å². The number of sulfonamides is 1. The lowest BCUT2D eigenvalue weighted by atomic mass is 10.0. The van der Waals surface area contributed by atoms with Gasteiger partial charge >= 0.3 is 6.18 Å². The first kappa shape index (κ1) is 19.1.